The number of hydrogen-bond donors (Lipinski definition) is 0. The molecule has 1 unspecified atom stereocenters. The van der Waals surface area contributed by atoms with Crippen molar-refractivity contribution in [3.05, 3.63) is 95.4 Å². The van der Waals surface area contributed by atoms with Crippen molar-refractivity contribution in [2.75, 3.05) is 66.1 Å². The summed E-state index contributed by atoms with van der Waals surface area (Å²) >= 11 is 0. The molecule has 1 saturated heterocycles. The van der Waals surface area contributed by atoms with Gasteiger partial charge in [0.1, 0.15) is 18.1 Å². The van der Waals surface area contributed by atoms with Crippen LogP contribution in [0.1, 0.15) is 77.3 Å². The zero-order valence-electron chi connectivity index (χ0n) is 31.2. The number of nitrogens with zero attached hydrogens (tertiary/aromatic N) is 4. The lowest BCUT2D eigenvalue weighted by atomic mass is 10.1. The van der Waals surface area contributed by atoms with E-state index >= 15 is 0 Å². The Kier molecular flexibility index (Phi) is 19.5. The summed E-state index contributed by atoms with van der Waals surface area (Å²) in [6, 6.07) is 16.9. The number of unbranched alkanes of at least 4 members (excludes halogenated alkanes) is 1. The van der Waals surface area contributed by atoms with E-state index in [1.165, 1.54) is 18.4 Å². The van der Waals surface area contributed by atoms with Gasteiger partial charge in [-0.15, -0.1) is 0 Å². The smallest absolute Gasteiger partial charge is 0.128 e. The summed E-state index contributed by atoms with van der Waals surface area (Å²) in [5.41, 5.74) is 4.40. The van der Waals surface area contributed by atoms with E-state index in [4.69, 9.17) is 14.2 Å². The Hall–Kier alpha value is -3.39. The highest BCUT2D eigenvalue weighted by atomic mass is 16.5. The van der Waals surface area contributed by atoms with Crippen molar-refractivity contribution in [2.24, 2.45) is 4.99 Å². The summed E-state index contributed by atoms with van der Waals surface area (Å²) in [5.74, 6) is 1.75. The fourth-order valence-corrected chi connectivity index (χ4v) is 6.09. The second kappa shape index (κ2) is 23.9. The predicted molar refractivity (Wildman–Crippen MR) is 207 cm³/mol. The monoisotopic (exact) mass is 672 g/mol. The van der Waals surface area contributed by atoms with Crippen molar-refractivity contribution in [3.63, 3.8) is 0 Å². The van der Waals surface area contributed by atoms with Gasteiger partial charge in [0.25, 0.3) is 0 Å². The lowest BCUT2D eigenvalue weighted by molar-refractivity contribution is 0.0952. The number of hydrogen-bond acceptors (Lipinski definition) is 7. The predicted octanol–water partition coefficient (Wildman–Crippen LogP) is 8.57. The number of allylic oxidation sites excluding steroid dienone is 2. The lowest BCUT2D eigenvalue weighted by Crippen LogP contribution is -2.26. The van der Waals surface area contributed by atoms with Crippen LogP contribution in [0.2, 0.25) is 0 Å². The molecule has 1 atom stereocenters. The van der Waals surface area contributed by atoms with E-state index in [-0.39, 0.29) is 6.10 Å². The topological polar surface area (TPSA) is 49.8 Å². The van der Waals surface area contributed by atoms with Crippen LogP contribution in [0.25, 0.3) is 0 Å². The van der Waals surface area contributed by atoms with E-state index in [0.717, 1.165) is 99.8 Å². The SMILES string of the molecule is C=NC1=C(N(CCCC)Cc2ccc(OCCCc3ccccc3)cc2OCCN2CCCC2)C=CC(OCCN(C)CCC)C=C1.CC. The molecule has 2 aromatic carbocycles. The lowest BCUT2D eigenvalue weighted by Gasteiger charge is -2.28. The quantitative estimate of drug-likeness (QED) is 0.0923. The molecule has 7 nitrogen and oxygen atoms in total. The maximum Gasteiger partial charge on any atom is 0.128 e. The molecule has 270 valence electrons. The van der Waals surface area contributed by atoms with Gasteiger partial charge >= 0.3 is 0 Å². The molecule has 49 heavy (non-hydrogen) atoms. The highest BCUT2D eigenvalue weighted by molar-refractivity contribution is 5.44. The minimum atomic E-state index is -0.102. The molecular weight excluding hydrogens is 608 g/mol. The molecule has 0 N–H and O–H groups in total. The molecule has 4 rings (SSSR count). The third-order valence-electron chi connectivity index (χ3n) is 8.82. The van der Waals surface area contributed by atoms with Crippen molar-refractivity contribution in [2.45, 2.75) is 85.3 Å². The van der Waals surface area contributed by atoms with Crippen LogP contribution in [0.3, 0.4) is 0 Å². The van der Waals surface area contributed by atoms with Gasteiger partial charge in [0.05, 0.1) is 30.7 Å². The minimum Gasteiger partial charge on any atom is -0.493 e. The van der Waals surface area contributed by atoms with Gasteiger partial charge in [-0.1, -0.05) is 64.4 Å². The summed E-state index contributed by atoms with van der Waals surface area (Å²) in [6.45, 7) is 21.2. The normalized spacial score (nSPS) is 16.0. The van der Waals surface area contributed by atoms with Crippen LogP contribution in [0.15, 0.2) is 89.2 Å². The molecule has 1 aliphatic heterocycles. The Morgan fingerprint density at radius 1 is 0.857 bits per heavy atom. The summed E-state index contributed by atoms with van der Waals surface area (Å²) < 4.78 is 19.0. The van der Waals surface area contributed by atoms with Crippen molar-refractivity contribution in [1.82, 2.24) is 14.7 Å². The third-order valence-corrected chi connectivity index (χ3v) is 8.82. The van der Waals surface area contributed by atoms with Gasteiger partial charge < -0.3 is 24.0 Å². The molecule has 0 saturated carbocycles. The molecule has 7 heteroatoms. The van der Waals surface area contributed by atoms with E-state index in [2.05, 4.69) is 120 Å². The Balaban J connectivity index is 0.00000319. The number of aliphatic imine (C=N–C) groups is 1. The summed E-state index contributed by atoms with van der Waals surface area (Å²) in [6.07, 6.45) is 16.2. The largest absolute Gasteiger partial charge is 0.493 e. The van der Waals surface area contributed by atoms with Gasteiger partial charge in [-0.2, -0.15) is 0 Å². The molecule has 0 radical (unpaired) electrons. The Morgan fingerprint density at radius 2 is 1.63 bits per heavy atom. The first-order valence-electron chi connectivity index (χ1n) is 18.9. The first-order chi connectivity index (χ1) is 24.1. The average molecular weight is 673 g/mol. The number of ether oxygens (including phenoxy) is 3. The highest BCUT2D eigenvalue weighted by Gasteiger charge is 2.19. The maximum atomic E-state index is 6.53. The standard InChI is InChI=1S/C40H58N4O3.C2H6/c1-5-7-26-44(39-22-20-36(19-21-38(39)41-3)46-30-27-42(4)23-6-2)33-35-17-18-37(45-29-13-16-34-14-9-8-10-15-34)32-40(35)47-31-28-43-24-11-12-25-43;1-2/h8-10,14-15,17-22,32,36H,3,5-7,11-13,16,23-31,33H2,1-2,4H3;1-2H3. The van der Waals surface area contributed by atoms with Crippen molar-refractivity contribution in [1.29, 1.82) is 0 Å². The first-order valence-corrected chi connectivity index (χ1v) is 18.9. The second-order valence-electron chi connectivity index (χ2n) is 12.7. The summed E-state index contributed by atoms with van der Waals surface area (Å²) in [7, 11) is 2.14. The van der Waals surface area contributed by atoms with Crippen LogP contribution >= 0.6 is 0 Å². The molecule has 2 aliphatic rings. The van der Waals surface area contributed by atoms with Crippen LogP contribution in [0, 0.1) is 0 Å². The van der Waals surface area contributed by atoms with Crippen molar-refractivity contribution >= 4 is 6.72 Å². The number of aryl methyl sites for hydroxylation is 1. The van der Waals surface area contributed by atoms with Gasteiger partial charge in [-0.3, -0.25) is 9.89 Å². The Bertz CT molecular complexity index is 1290. The number of likely N-dealkylation sites (N-methyl/N-ethyl adjacent to an activating group) is 1. The van der Waals surface area contributed by atoms with Crippen LogP contribution in [-0.4, -0.2) is 93.7 Å². The number of benzene rings is 2. The van der Waals surface area contributed by atoms with Gasteiger partial charge in [0.15, 0.2) is 0 Å². The van der Waals surface area contributed by atoms with Crippen LogP contribution in [0.4, 0.5) is 0 Å². The van der Waals surface area contributed by atoms with E-state index in [1.807, 2.05) is 13.8 Å². The van der Waals surface area contributed by atoms with Crippen LogP contribution in [-0.2, 0) is 17.7 Å². The summed E-state index contributed by atoms with van der Waals surface area (Å²) in [5, 5.41) is 0. The minimum absolute atomic E-state index is 0.102. The molecule has 0 amide bonds. The molecule has 2 aromatic rings. The van der Waals surface area contributed by atoms with Gasteiger partial charge in [0.2, 0.25) is 0 Å². The van der Waals surface area contributed by atoms with Gasteiger partial charge in [-0.25, -0.2) is 0 Å². The fourth-order valence-electron chi connectivity index (χ4n) is 6.09. The molecule has 1 aliphatic carbocycles. The molecular formula is C42H64N4O3. The molecule has 0 aromatic heterocycles. The average Bonchev–Trinajstić information content (AvgIpc) is 3.57. The zero-order valence-corrected chi connectivity index (χ0v) is 31.2. The maximum absolute atomic E-state index is 6.53. The third kappa shape index (κ3) is 14.5. The highest BCUT2D eigenvalue weighted by Crippen LogP contribution is 2.30. The molecule has 1 fully saturated rings. The van der Waals surface area contributed by atoms with Crippen LogP contribution < -0.4 is 9.47 Å². The van der Waals surface area contributed by atoms with E-state index in [0.29, 0.717) is 26.4 Å². The zero-order chi connectivity index (χ0) is 35.1. The summed E-state index contributed by atoms with van der Waals surface area (Å²) in [4.78, 5) is 11.7. The Labute approximate surface area is 298 Å². The molecule has 0 bridgehead atoms. The van der Waals surface area contributed by atoms with E-state index in [1.54, 1.807) is 0 Å². The number of rotatable bonds is 22. The second-order valence-corrected chi connectivity index (χ2v) is 12.7. The first kappa shape index (κ1) is 40.0. The van der Waals surface area contributed by atoms with E-state index in [9.17, 15) is 0 Å². The molecule has 0 spiro atoms. The van der Waals surface area contributed by atoms with Crippen LogP contribution in [0.5, 0.6) is 11.5 Å². The van der Waals surface area contributed by atoms with Gasteiger partial charge in [0, 0.05) is 37.8 Å². The van der Waals surface area contributed by atoms with Gasteiger partial charge in [-0.05, 0) is 114 Å². The van der Waals surface area contributed by atoms with E-state index < -0.39 is 0 Å². The van der Waals surface area contributed by atoms with Crippen molar-refractivity contribution < 1.29 is 14.2 Å². The molecule has 1 heterocycles. The Morgan fingerprint density at radius 3 is 2.37 bits per heavy atom. The van der Waals surface area contributed by atoms with Crippen molar-refractivity contribution in [3.8, 4) is 11.5 Å². The number of likely N-dealkylation sites (tertiary alicyclic amines) is 1. The fraction of sp³-hybridized carbons (Fsp3) is 0.548.